The number of amides is 2. The van der Waals surface area contributed by atoms with Gasteiger partial charge in [0.05, 0.1) is 36.7 Å². The minimum atomic E-state index is -0.197. The van der Waals surface area contributed by atoms with Gasteiger partial charge in [-0.3, -0.25) is 4.90 Å². The van der Waals surface area contributed by atoms with E-state index in [9.17, 15) is 4.79 Å². The van der Waals surface area contributed by atoms with Crippen molar-refractivity contribution in [2.75, 3.05) is 57.1 Å². The van der Waals surface area contributed by atoms with Crippen LogP contribution in [0.4, 0.5) is 16.2 Å². The van der Waals surface area contributed by atoms with Gasteiger partial charge in [0, 0.05) is 54.9 Å². The Morgan fingerprint density at radius 3 is 2.60 bits per heavy atom. The van der Waals surface area contributed by atoms with Crippen LogP contribution < -0.4 is 21.1 Å². The average Bonchev–Trinajstić information content (AvgIpc) is 3.11. The molecule has 2 amide bonds. The maximum atomic E-state index is 12.4. The van der Waals surface area contributed by atoms with E-state index in [-0.39, 0.29) is 6.03 Å². The SMILES string of the molecule is CCOc1ccc2c(N)c(-c3ccc(NC(=O)NCCN4CCOCC4)cc3)n(C3CCC3)c2c1. The summed E-state index contributed by atoms with van der Waals surface area (Å²) in [7, 11) is 0. The number of aromatic nitrogens is 1. The molecule has 0 atom stereocenters. The van der Waals surface area contributed by atoms with Crippen molar-refractivity contribution in [3.8, 4) is 17.0 Å². The first-order valence-corrected chi connectivity index (χ1v) is 12.7. The summed E-state index contributed by atoms with van der Waals surface area (Å²) in [5, 5.41) is 6.92. The van der Waals surface area contributed by atoms with Gasteiger partial charge >= 0.3 is 6.03 Å². The van der Waals surface area contributed by atoms with E-state index in [4.69, 9.17) is 15.2 Å². The first kappa shape index (κ1) is 23.5. The van der Waals surface area contributed by atoms with Crippen LogP contribution >= 0.6 is 0 Å². The van der Waals surface area contributed by atoms with Crippen molar-refractivity contribution in [1.29, 1.82) is 0 Å². The minimum Gasteiger partial charge on any atom is -0.494 e. The van der Waals surface area contributed by atoms with Crippen molar-refractivity contribution in [1.82, 2.24) is 14.8 Å². The topological polar surface area (TPSA) is 93.8 Å². The van der Waals surface area contributed by atoms with Gasteiger partial charge in [0.15, 0.2) is 0 Å². The summed E-state index contributed by atoms with van der Waals surface area (Å²) < 4.78 is 13.5. The number of anilines is 2. The number of benzene rings is 2. The lowest BCUT2D eigenvalue weighted by Gasteiger charge is -2.30. The van der Waals surface area contributed by atoms with Crippen LogP contribution in [0.1, 0.15) is 32.2 Å². The van der Waals surface area contributed by atoms with Crippen LogP contribution in [-0.4, -0.2) is 61.5 Å². The summed E-state index contributed by atoms with van der Waals surface area (Å²) in [6.45, 7) is 7.41. The number of nitrogens with zero attached hydrogens (tertiary/aromatic N) is 2. The predicted molar refractivity (Wildman–Crippen MR) is 140 cm³/mol. The number of ether oxygens (including phenoxy) is 2. The maximum Gasteiger partial charge on any atom is 0.319 e. The number of rotatable bonds is 8. The molecular formula is C27H35N5O3. The summed E-state index contributed by atoms with van der Waals surface area (Å²) >= 11 is 0. The van der Waals surface area contributed by atoms with Crippen LogP contribution in [0.25, 0.3) is 22.2 Å². The molecule has 1 saturated heterocycles. The van der Waals surface area contributed by atoms with Gasteiger partial charge in [-0.25, -0.2) is 4.79 Å². The molecule has 0 radical (unpaired) electrons. The van der Waals surface area contributed by atoms with Gasteiger partial charge in [0.25, 0.3) is 0 Å². The first-order chi connectivity index (χ1) is 17.1. The van der Waals surface area contributed by atoms with E-state index < -0.39 is 0 Å². The molecule has 0 spiro atoms. The Labute approximate surface area is 206 Å². The van der Waals surface area contributed by atoms with E-state index >= 15 is 0 Å². The maximum absolute atomic E-state index is 12.4. The molecule has 1 aromatic heterocycles. The third-order valence-electron chi connectivity index (χ3n) is 7.00. The number of carbonyl (C=O) groups excluding carboxylic acids is 1. The van der Waals surface area contributed by atoms with E-state index in [0.717, 1.165) is 85.0 Å². The normalized spacial score (nSPS) is 16.7. The minimum absolute atomic E-state index is 0.197. The molecule has 1 saturated carbocycles. The van der Waals surface area contributed by atoms with Gasteiger partial charge in [-0.2, -0.15) is 0 Å². The molecule has 2 aromatic carbocycles. The predicted octanol–water partition coefficient (Wildman–Crippen LogP) is 4.47. The number of nitrogens with one attached hydrogen (secondary N) is 2. The fourth-order valence-electron chi connectivity index (χ4n) is 4.93. The van der Waals surface area contributed by atoms with Gasteiger partial charge in [0.1, 0.15) is 5.75 Å². The van der Waals surface area contributed by atoms with Gasteiger partial charge in [-0.05, 0) is 50.5 Å². The van der Waals surface area contributed by atoms with Crippen LogP contribution in [-0.2, 0) is 4.74 Å². The number of hydrogen-bond donors (Lipinski definition) is 3. The molecule has 2 fully saturated rings. The molecule has 2 heterocycles. The third-order valence-corrected chi connectivity index (χ3v) is 7.00. The Morgan fingerprint density at radius 2 is 1.91 bits per heavy atom. The molecule has 3 aromatic rings. The van der Waals surface area contributed by atoms with E-state index in [0.29, 0.717) is 19.2 Å². The highest BCUT2D eigenvalue weighted by molar-refractivity contribution is 6.02. The molecule has 0 bridgehead atoms. The van der Waals surface area contributed by atoms with Gasteiger partial charge in [0.2, 0.25) is 0 Å². The zero-order valence-corrected chi connectivity index (χ0v) is 20.4. The molecule has 5 rings (SSSR count). The van der Waals surface area contributed by atoms with E-state index in [1.807, 2.05) is 37.3 Å². The highest BCUT2D eigenvalue weighted by Gasteiger charge is 2.27. The summed E-state index contributed by atoms with van der Waals surface area (Å²) in [5.41, 5.74) is 11.4. The Morgan fingerprint density at radius 1 is 1.14 bits per heavy atom. The highest BCUT2D eigenvalue weighted by Crippen LogP contribution is 2.44. The second-order valence-electron chi connectivity index (χ2n) is 9.24. The lowest BCUT2D eigenvalue weighted by molar-refractivity contribution is 0.0388. The highest BCUT2D eigenvalue weighted by atomic mass is 16.5. The fraction of sp³-hybridized carbons (Fsp3) is 0.444. The zero-order chi connectivity index (χ0) is 24.2. The molecular weight excluding hydrogens is 442 g/mol. The molecule has 2 aliphatic rings. The van der Waals surface area contributed by atoms with Crippen LogP contribution in [0.5, 0.6) is 5.75 Å². The zero-order valence-electron chi connectivity index (χ0n) is 20.4. The smallest absolute Gasteiger partial charge is 0.319 e. The summed E-state index contributed by atoms with van der Waals surface area (Å²) in [4.78, 5) is 14.6. The van der Waals surface area contributed by atoms with Crippen molar-refractivity contribution < 1.29 is 14.3 Å². The molecule has 8 nitrogen and oxygen atoms in total. The van der Waals surface area contributed by atoms with Crippen molar-refractivity contribution in [3.63, 3.8) is 0 Å². The Balaban J connectivity index is 1.31. The van der Waals surface area contributed by atoms with E-state index in [1.54, 1.807) is 0 Å². The number of fused-ring (bicyclic) bond motifs is 1. The molecule has 1 aliphatic heterocycles. The second kappa shape index (κ2) is 10.6. The van der Waals surface area contributed by atoms with Crippen molar-refractivity contribution in [3.05, 3.63) is 42.5 Å². The number of hydrogen-bond acceptors (Lipinski definition) is 5. The van der Waals surface area contributed by atoms with Crippen LogP contribution in [0.3, 0.4) is 0 Å². The summed E-state index contributed by atoms with van der Waals surface area (Å²) in [5.74, 6) is 0.865. The van der Waals surface area contributed by atoms with Crippen molar-refractivity contribution >= 4 is 28.3 Å². The lowest BCUT2D eigenvalue weighted by Crippen LogP contribution is -2.42. The Kier molecular flexibility index (Phi) is 7.11. The third kappa shape index (κ3) is 5.09. The van der Waals surface area contributed by atoms with Crippen LogP contribution in [0, 0.1) is 0 Å². The molecule has 186 valence electrons. The van der Waals surface area contributed by atoms with Gasteiger partial charge in [-0.1, -0.05) is 12.1 Å². The molecule has 35 heavy (non-hydrogen) atoms. The monoisotopic (exact) mass is 477 g/mol. The summed E-state index contributed by atoms with van der Waals surface area (Å²) in [6.07, 6.45) is 3.54. The number of nitrogens with two attached hydrogens (primary N) is 1. The average molecular weight is 478 g/mol. The van der Waals surface area contributed by atoms with Gasteiger partial charge in [-0.15, -0.1) is 0 Å². The molecule has 8 heteroatoms. The number of nitrogen functional groups attached to an aromatic ring is 1. The Hall–Kier alpha value is -3.23. The quantitative estimate of drug-likeness (QED) is 0.445. The molecule has 1 aliphatic carbocycles. The largest absolute Gasteiger partial charge is 0.494 e. The lowest BCUT2D eigenvalue weighted by atomic mass is 9.92. The van der Waals surface area contributed by atoms with Gasteiger partial charge < -0.3 is 30.4 Å². The van der Waals surface area contributed by atoms with Crippen LogP contribution in [0.2, 0.25) is 0 Å². The van der Waals surface area contributed by atoms with E-state index in [1.165, 1.54) is 6.42 Å². The number of urea groups is 1. The first-order valence-electron chi connectivity index (χ1n) is 12.7. The van der Waals surface area contributed by atoms with Crippen molar-refractivity contribution in [2.24, 2.45) is 0 Å². The number of morpholine rings is 1. The van der Waals surface area contributed by atoms with E-state index in [2.05, 4.69) is 32.2 Å². The summed E-state index contributed by atoms with van der Waals surface area (Å²) in [6, 6.07) is 14.3. The molecule has 0 unspecified atom stereocenters. The Bertz CT molecular complexity index is 1160. The molecule has 4 N–H and O–H groups in total. The number of carbonyl (C=O) groups is 1. The van der Waals surface area contributed by atoms with Crippen LogP contribution in [0.15, 0.2) is 42.5 Å². The standard InChI is InChI=1S/C27H35N5O3/c1-2-35-22-10-11-23-24(18-22)32(21-4-3-5-21)26(25(23)28)19-6-8-20(9-7-19)30-27(33)29-12-13-31-14-16-34-17-15-31/h6-11,18,21H,2-5,12-17,28H2,1H3,(H2,29,30,33). The second-order valence-corrected chi connectivity index (χ2v) is 9.24. The fourth-order valence-corrected chi connectivity index (χ4v) is 4.93. The van der Waals surface area contributed by atoms with Crippen molar-refractivity contribution in [2.45, 2.75) is 32.2 Å².